The number of aromatic nitrogens is 4. The lowest BCUT2D eigenvalue weighted by molar-refractivity contribution is 0.623. The number of hydrogen-bond donors (Lipinski definition) is 5. The molecule has 4 rings (SSSR count). The third kappa shape index (κ3) is 3.09. The van der Waals surface area contributed by atoms with Gasteiger partial charge in [0.05, 0.1) is 11.7 Å². The summed E-state index contributed by atoms with van der Waals surface area (Å²) in [6, 6.07) is 1.68. The molecule has 0 amide bonds. The molecule has 0 bridgehead atoms. The summed E-state index contributed by atoms with van der Waals surface area (Å²) in [5, 5.41) is 21.1. The summed E-state index contributed by atoms with van der Waals surface area (Å²) in [5.74, 6) is -0.214. The van der Waals surface area contributed by atoms with E-state index in [9.17, 15) is 0 Å². The van der Waals surface area contributed by atoms with Crippen molar-refractivity contribution in [2.45, 2.75) is 6.92 Å². The molecular formula is C19H17FN8. The molecule has 0 saturated carbocycles. The van der Waals surface area contributed by atoms with Gasteiger partial charge in [-0.05, 0) is 41.8 Å². The lowest BCUT2D eigenvalue weighted by Gasteiger charge is -2.17. The van der Waals surface area contributed by atoms with Crippen LogP contribution >= 0.6 is 0 Å². The minimum atomic E-state index is -0.427. The van der Waals surface area contributed by atoms with E-state index in [0.717, 1.165) is 11.0 Å². The van der Waals surface area contributed by atoms with Crippen molar-refractivity contribution in [3.63, 3.8) is 0 Å². The first-order chi connectivity index (χ1) is 13.5. The Morgan fingerprint density at radius 2 is 2.11 bits per heavy atom. The molecule has 9 heteroatoms. The summed E-state index contributed by atoms with van der Waals surface area (Å²) in [4.78, 5) is 8.18. The number of dihydropyridines is 1. The van der Waals surface area contributed by atoms with Crippen LogP contribution in [-0.4, -0.2) is 26.0 Å². The maximum Gasteiger partial charge on any atom is 0.227 e. The second kappa shape index (κ2) is 6.95. The Labute approximate surface area is 159 Å². The van der Waals surface area contributed by atoms with Gasteiger partial charge < -0.3 is 16.4 Å². The number of anilines is 2. The van der Waals surface area contributed by atoms with E-state index < -0.39 is 5.82 Å². The smallest absolute Gasteiger partial charge is 0.227 e. The minimum Gasteiger partial charge on any atom is -0.384 e. The first kappa shape index (κ1) is 17.4. The molecule has 1 aromatic carbocycles. The van der Waals surface area contributed by atoms with Gasteiger partial charge in [-0.25, -0.2) is 14.4 Å². The van der Waals surface area contributed by atoms with Crippen LogP contribution in [0, 0.1) is 18.2 Å². The fraction of sp³-hybridized carbons (Fsp3) is 0.0526. The lowest BCUT2D eigenvalue weighted by atomic mass is 9.93. The van der Waals surface area contributed by atoms with Crippen molar-refractivity contribution in [1.29, 1.82) is 5.41 Å². The zero-order valence-corrected chi connectivity index (χ0v) is 14.9. The largest absolute Gasteiger partial charge is 0.384 e. The van der Waals surface area contributed by atoms with Gasteiger partial charge >= 0.3 is 0 Å². The van der Waals surface area contributed by atoms with Crippen molar-refractivity contribution < 1.29 is 4.39 Å². The average Bonchev–Trinajstić information content (AvgIpc) is 3.15. The van der Waals surface area contributed by atoms with Crippen LogP contribution in [0.5, 0.6) is 0 Å². The summed E-state index contributed by atoms with van der Waals surface area (Å²) in [6.07, 6.45) is 11.7. The molecular weight excluding hydrogens is 359 g/mol. The molecule has 0 saturated heterocycles. The van der Waals surface area contributed by atoms with E-state index >= 15 is 4.39 Å². The van der Waals surface area contributed by atoms with E-state index in [-0.39, 0.29) is 17.5 Å². The Balaban J connectivity index is 1.88. The summed E-state index contributed by atoms with van der Waals surface area (Å²) in [7, 11) is 0. The van der Waals surface area contributed by atoms with Crippen molar-refractivity contribution >= 4 is 33.9 Å². The van der Waals surface area contributed by atoms with E-state index in [1.54, 1.807) is 37.8 Å². The zero-order valence-electron chi connectivity index (χ0n) is 14.9. The van der Waals surface area contributed by atoms with Crippen LogP contribution in [0.1, 0.15) is 11.1 Å². The van der Waals surface area contributed by atoms with Crippen molar-refractivity contribution in [2.75, 3.05) is 5.32 Å². The quantitative estimate of drug-likeness (QED) is 0.352. The lowest BCUT2D eigenvalue weighted by Crippen LogP contribution is -2.13. The highest BCUT2D eigenvalue weighted by Crippen LogP contribution is 2.37. The number of H-pyrrole nitrogens is 1. The number of nitrogens with two attached hydrogens (primary N) is 1. The summed E-state index contributed by atoms with van der Waals surface area (Å²) in [6.45, 7) is 1.71. The summed E-state index contributed by atoms with van der Waals surface area (Å²) >= 11 is 0. The maximum atomic E-state index is 15.3. The highest BCUT2D eigenvalue weighted by molar-refractivity contribution is 6.03. The molecule has 0 spiro atoms. The molecule has 0 unspecified atom stereocenters. The monoisotopic (exact) mass is 376 g/mol. The summed E-state index contributed by atoms with van der Waals surface area (Å²) in [5.41, 5.74) is 8.76. The van der Waals surface area contributed by atoms with Crippen LogP contribution in [0.15, 0.2) is 54.8 Å². The molecule has 3 aromatic rings. The molecule has 0 aliphatic carbocycles. The number of halogens is 1. The average molecular weight is 376 g/mol. The van der Waals surface area contributed by atoms with Crippen LogP contribution in [0.3, 0.4) is 0 Å². The van der Waals surface area contributed by atoms with Crippen LogP contribution in [0.4, 0.5) is 16.0 Å². The third-order valence-electron chi connectivity index (χ3n) is 4.31. The fourth-order valence-electron chi connectivity index (χ4n) is 3.13. The molecule has 8 nitrogen and oxygen atoms in total. The number of hydrogen-bond acceptors (Lipinski definition) is 6. The SMILES string of the molecule is Cc1c(F)c(Nc2ncccn2)c2[nH]ncc2c1C1=C/C(=C/C(=N)N)NC=C1. The maximum absolute atomic E-state index is 15.3. The number of benzene rings is 1. The van der Waals surface area contributed by atoms with Crippen LogP contribution in [0.2, 0.25) is 0 Å². The fourth-order valence-corrected chi connectivity index (χ4v) is 3.13. The van der Waals surface area contributed by atoms with Gasteiger partial charge in [-0.1, -0.05) is 0 Å². The Morgan fingerprint density at radius 3 is 2.86 bits per heavy atom. The number of aromatic amines is 1. The van der Waals surface area contributed by atoms with E-state index in [0.29, 0.717) is 22.3 Å². The van der Waals surface area contributed by atoms with Crippen LogP contribution < -0.4 is 16.4 Å². The number of nitrogens with one attached hydrogen (secondary N) is 4. The predicted molar refractivity (Wildman–Crippen MR) is 106 cm³/mol. The summed E-state index contributed by atoms with van der Waals surface area (Å²) < 4.78 is 15.3. The van der Waals surface area contributed by atoms with Gasteiger partial charge in [0.15, 0.2) is 5.82 Å². The molecule has 2 aromatic heterocycles. The van der Waals surface area contributed by atoms with Gasteiger partial charge in [0.1, 0.15) is 11.5 Å². The molecule has 0 fully saturated rings. The standard InChI is InChI=1S/C19H17FN8/c1-10-15(11-3-6-23-12(7-11)8-14(21)22)13-9-26-28-17(13)18(16(10)20)27-19-24-4-2-5-25-19/h2-9,23H,1H3,(H3,21,22)(H,26,28)(H,24,25,27)/b12-8-. The first-order valence-electron chi connectivity index (χ1n) is 8.44. The number of amidine groups is 1. The Hall–Kier alpha value is -4.01. The topological polar surface area (TPSA) is 128 Å². The zero-order chi connectivity index (χ0) is 19.7. The van der Waals surface area contributed by atoms with Gasteiger partial charge in [0, 0.05) is 35.8 Å². The third-order valence-corrected chi connectivity index (χ3v) is 4.31. The second-order valence-corrected chi connectivity index (χ2v) is 6.18. The van der Waals surface area contributed by atoms with E-state index in [4.69, 9.17) is 11.1 Å². The number of nitrogens with zero attached hydrogens (tertiary/aromatic N) is 3. The van der Waals surface area contributed by atoms with E-state index in [1.165, 1.54) is 6.08 Å². The molecule has 1 aliphatic heterocycles. The minimum absolute atomic E-state index is 0.0767. The van der Waals surface area contributed by atoms with E-state index in [1.807, 2.05) is 12.2 Å². The molecule has 0 radical (unpaired) electrons. The number of rotatable bonds is 4. The van der Waals surface area contributed by atoms with Crippen molar-refractivity contribution in [3.8, 4) is 0 Å². The van der Waals surface area contributed by atoms with Crippen molar-refractivity contribution in [3.05, 3.63) is 71.7 Å². The molecule has 3 heterocycles. The van der Waals surface area contributed by atoms with Gasteiger partial charge in [-0.3, -0.25) is 10.5 Å². The van der Waals surface area contributed by atoms with Crippen LogP contribution in [0.25, 0.3) is 16.5 Å². The Kier molecular flexibility index (Phi) is 4.32. The highest BCUT2D eigenvalue weighted by Gasteiger charge is 2.21. The second-order valence-electron chi connectivity index (χ2n) is 6.18. The normalized spacial score (nSPS) is 14.8. The van der Waals surface area contributed by atoms with Gasteiger partial charge in [0.2, 0.25) is 5.95 Å². The molecule has 140 valence electrons. The van der Waals surface area contributed by atoms with Gasteiger partial charge in [-0.2, -0.15) is 5.10 Å². The Bertz CT molecular complexity index is 1160. The molecule has 0 atom stereocenters. The molecule has 28 heavy (non-hydrogen) atoms. The van der Waals surface area contributed by atoms with E-state index in [2.05, 4.69) is 30.8 Å². The molecule has 1 aliphatic rings. The van der Waals surface area contributed by atoms with Crippen molar-refractivity contribution in [1.82, 2.24) is 25.5 Å². The van der Waals surface area contributed by atoms with Crippen LogP contribution in [-0.2, 0) is 0 Å². The highest BCUT2D eigenvalue weighted by atomic mass is 19.1. The van der Waals surface area contributed by atoms with Crippen molar-refractivity contribution in [2.24, 2.45) is 5.73 Å². The number of allylic oxidation sites excluding steroid dienone is 3. The first-order valence-corrected chi connectivity index (χ1v) is 8.44. The predicted octanol–water partition coefficient (Wildman–Crippen LogP) is 2.86. The molecule has 6 N–H and O–H groups in total. The Morgan fingerprint density at radius 1 is 1.32 bits per heavy atom. The van der Waals surface area contributed by atoms with Gasteiger partial charge in [0.25, 0.3) is 0 Å². The van der Waals surface area contributed by atoms with Gasteiger partial charge in [-0.15, -0.1) is 0 Å². The number of fused-ring (bicyclic) bond motifs is 1.